The topological polar surface area (TPSA) is 21.3 Å². The van der Waals surface area contributed by atoms with Gasteiger partial charge in [0.2, 0.25) is 0 Å². The van der Waals surface area contributed by atoms with Crippen LogP contribution in [-0.4, -0.2) is 29.8 Å². The van der Waals surface area contributed by atoms with Crippen molar-refractivity contribution >= 4 is 29.1 Å². The van der Waals surface area contributed by atoms with Gasteiger partial charge in [-0.25, -0.2) is 4.39 Å². The first-order chi connectivity index (χ1) is 9.15. The first-order valence-electron chi connectivity index (χ1n) is 6.60. The van der Waals surface area contributed by atoms with E-state index >= 15 is 0 Å². The van der Waals surface area contributed by atoms with E-state index in [4.69, 9.17) is 16.3 Å². The second-order valence-electron chi connectivity index (χ2n) is 5.33. The maximum absolute atomic E-state index is 13.3. The van der Waals surface area contributed by atoms with Gasteiger partial charge in [-0.2, -0.15) is 11.8 Å². The number of anilines is 1. The molecule has 0 radical (unpaired) electrons. The summed E-state index contributed by atoms with van der Waals surface area (Å²) in [7, 11) is 0. The van der Waals surface area contributed by atoms with E-state index in [0.717, 1.165) is 37.3 Å². The first-order valence-corrected chi connectivity index (χ1v) is 8.13. The van der Waals surface area contributed by atoms with Crippen LogP contribution in [0.15, 0.2) is 18.2 Å². The van der Waals surface area contributed by atoms with Crippen molar-refractivity contribution in [2.75, 3.05) is 23.4 Å². The van der Waals surface area contributed by atoms with E-state index in [9.17, 15) is 4.39 Å². The van der Waals surface area contributed by atoms with Crippen molar-refractivity contribution in [3.63, 3.8) is 0 Å². The third-order valence-electron chi connectivity index (χ3n) is 3.79. The van der Waals surface area contributed by atoms with Gasteiger partial charge < -0.3 is 10.1 Å². The highest BCUT2D eigenvalue weighted by Gasteiger charge is 2.40. The van der Waals surface area contributed by atoms with Crippen molar-refractivity contribution in [3.8, 4) is 0 Å². The molecule has 2 fully saturated rings. The Balaban J connectivity index is 1.69. The summed E-state index contributed by atoms with van der Waals surface area (Å²) < 4.78 is 19.3. The summed E-state index contributed by atoms with van der Waals surface area (Å²) in [6, 6.07) is 4.93. The largest absolute Gasteiger partial charge is 0.382 e. The molecule has 1 N–H and O–H groups in total. The summed E-state index contributed by atoms with van der Waals surface area (Å²) >= 11 is 7.84. The molecule has 2 aliphatic heterocycles. The molecular weight excluding hydrogens is 285 g/mol. The van der Waals surface area contributed by atoms with Crippen LogP contribution in [0.2, 0.25) is 5.02 Å². The molecule has 0 aromatic heterocycles. The molecule has 1 spiro atoms. The van der Waals surface area contributed by atoms with Crippen LogP contribution in [0.25, 0.3) is 0 Å². The predicted octanol–water partition coefficient (Wildman–Crippen LogP) is 3.95. The molecule has 0 amide bonds. The van der Waals surface area contributed by atoms with E-state index in [1.807, 2.05) is 11.8 Å². The number of nitrogens with one attached hydrogen (secondary N) is 1. The molecule has 5 heteroatoms. The van der Waals surface area contributed by atoms with Gasteiger partial charge in [-0.05, 0) is 43.2 Å². The molecule has 0 aliphatic carbocycles. The van der Waals surface area contributed by atoms with E-state index in [2.05, 4.69) is 5.32 Å². The van der Waals surface area contributed by atoms with Crippen LogP contribution >= 0.6 is 23.4 Å². The van der Waals surface area contributed by atoms with E-state index in [1.54, 1.807) is 6.07 Å². The van der Waals surface area contributed by atoms with E-state index in [-0.39, 0.29) is 11.4 Å². The van der Waals surface area contributed by atoms with Crippen LogP contribution in [0.5, 0.6) is 0 Å². The number of hydrogen-bond donors (Lipinski definition) is 1. The molecule has 104 valence electrons. The Hall–Kier alpha value is -0.450. The van der Waals surface area contributed by atoms with Gasteiger partial charge in [0.15, 0.2) is 0 Å². The van der Waals surface area contributed by atoms with E-state index < -0.39 is 0 Å². The maximum Gasteiger partial charge on any atom is 0.126 e. The highest BCUT2D eigenvalue weighted by molar-refractivity contribution is 7.99. The van der Waals surface area contributed by atoms with Crippen LogP contribution in [-0.2, 0) is 4.74 Å². The molecule has 0 saturated carbocycles. The summed E-state index contributed by atoms with van der Waals surface area (Å²) in [4.78, 5) is 0. The van der Waals surface area contributed by atoms with Crippen molar-refractivity contribution in [2.24, 2.45) is 0 Å². The molecule has 2 unspecified atom stereocenters. The van der Waals surface area contributed by atoms with Gasteiger partial charge in [0.1, 0.15) is 5.82 Å². The lowest BCUT2D eigenvalue weighted by Crippen LogP contribution is -2.44. The summed E-state index contributed by atoms with van der Waals surface area (Å²) in [6.45, 7) is 0.779. The minimum atomic E-state index is -0.298. The number of rotatable bonds is 2. The predicted molar refractivity (Wildman–Crippen MR) is 78.7 cm³/mol. The standard InChI is InChI=1S/C14H17ClFNOS/c15-10-5-11(16)7-13(6-10)17-12-1-3-18-14(8-12)2-4-19-9-14/h5-7,12,17H,1-4,8-9H2. The van der Waals surface area contributed by atoms with Gasteiger partial charge in [-0.15, -0.1) is 0 Å². The number of halogens is 2. The SMILES string of the molecule is Fc1cc(Cl)cc(NC2CCOC3(CCSC3)C2)c1. The molecule has 3 rings (SSSR count). The molecule has 2 nitrogen and oxygen atoms in total. The zero-order valence-electron chi connectivity index (χ0n) is 10.6. The summed E-state index contributed by atoms with van der Waals surface area (Å²) in [5.74, 6) is 1.96. The van der Waals surface area contributed by atoms with Crippen molar-refractivity contribution < 1.29 is 9.13 Å². The molecule has 2 heterocycles. The van der Waals surface area contributed by atoms with Gasteiger partial charge in [-0.3, -0.25) is 0 Å². The van der Waals surface area contributed by atoms with Crippen molar-refractivity contribution in [1.29, 1.82) is 0 Å². The normalized spacial score (nSPS) is 30.7. The number of benzene rings is 1. The number of hydrogen-bond acceptors (Lipinski definition) is 3. The smallest absolute Gasteiger partial charge is 0.126 e. The molecule has 1 aromatic rings. The van der Waals surface area contributed by atoms with Gasteiger partial charge in [0.05, 0.1) is 5.60 Å². The fourth-order valence-corrected chi connectivity index (χ4v) is 4.49. The lowest BCUT2D eigenvalue weighted by Gasteiger charge is -2.38. The maximum atomic E-state index is 13.3. The molecule has 2 aliphatic rings. The Morgan fingerprint density at radius 3 is 3.05 bits per heavy atom. The van der Waals surface area contributed by atoms with Crippen LogP contribution in [0, 0.1) is 5.82 Å². The van der Waals surface area contributed by atoms with Crippen LogP contribution < -0.4 is 5.32 Å². The van der Waals surface area contributed by atoms with Crippen LogP contribution in [0.3, 0.4) is 0 Å². The van der Waals surface area contributed by atoms with E-state index in [0.29, 0.717) is 11.1 Å². The Morgan fingerprint density at radius 2 is 2.32 bits per heavy atom. The second kappa shape index (κ2) is 5.51. The molecule has 2 atom stereocenters. The van der Waals surface area contributed by atoms with Gasteiger partial charge >= 0.3 is 0 Å². The second-order valence-corrected chi connectivity index (χ2v) is 6.87. The minimum Gasteiger partial charge on any atom is -0.382 e. The van der Waals surface area contributed by atoms with Gasteiger partial charge in [0, 0.05) is 29.1 Å². The summed E-state index contributed by atoms with van der Waals surface area (Å²) in [6.07, 6.45) is 3.08. The molecule has 0 bridgehead atoms. The van der Waals surface area contributed by atoms with Crippen molar-refractivity contribution in [3.05, 3.63) is 29.0 Å². The molecular formula is C14H17ClFNOS. The van der Waals surface area contributed by atoms with Gasteiger partial charge in [-0.1, -0.05) is 11.6 Å². The fraction of sp³-hybridized carbons (Fsp3) is 0.571. The fourth-order valence-electron chi connectivity index (χ4n) is 2.89. The summed E-state index contributed by atoms with van der Waals surface area (Å²) in [5.41, 5.74) is 0.801. The Labute approximate surface area is 122 Å². The van der Waals surface area contributed by atoms with Crippen molar-refractivity contribution in [2.45, 2.75) is 30.9 Å². The minimum absolute atomic E-state index is 0.0394. The zero-order valence-corrected chi connectivity index (χ0v) is 12.2. The summed E-state index contributed by atoms with van der Waals surface area (Å²) in [5, 5.41) is 3.83. The molecule has 2 saturated heterocycles. The quantitative estimate of drug-likeness (QED) is 0.894. The average molecular weight is 302 g/mol. The molecule has 19 heavy (non-hydrogen) atoms. The number of ether oxygens (including phenoxy) is 1. The molecule has 1 aromatic carbocycles. The third-order valence-corrected chi connectivity index (χ3v) is 5.23. The first kappa shape index (κ1) is 13.5. The lowest BCUT2D eigenvalue weighted by atomic mass is 9.90. The van der Waals surface area contributed by atoms with Gasteiger partial charge in [0.25, 0.3) is 0 Å². The average Bonchev–Trinajstić information content (AvgIpc) is 2.76. The highest BCUT2D eigenvalue weighted by atomic mass is 35.5. The number of thioether (sulfide) groups is 1. The Kier molecular flexibility index (Phi) is 3.92. The highest BCUT2D eigenvalue weighted by Crippen LogP contribution is 2.39. The van der Waals surface area contributed by atoms with Crippen molar-refractivity contribution in [1.82, 2.24) is 0 Å². The monoisotopic (exact) mass is 301 g/mol. The van der Waals surface area contributed by atoms with Crippen LogP contribution in [0.4, 0.5) is 10.1 Å². The van der Waals surface area contributed by atoms with E-state index in [1.165, 1.54) is 17.9 Å². The van der Waals surface area contributed by atoms with Crippen LogP contribution in [0.1, 0.15) is 19.3 Å². The lowest BCUT2D eigenvalue weighted by molar-refractivity contribution is -0.0628. The Morgan fingerprint density at radius 1 is 1.42 bits per heavy atom. The Bertz CT molecular complexity index is 445. The third kappa shape index (κ3) is 3.18. The zero-order chi connectivity index (χ0) is 13.3.